The standard InChI is InChI=1S/C24H19N4S.BrH/c1-27-16-17-29-24(27)26-25-22-20-14-8-9-15-21(20)28(19-12-6-3-7-13-19)23(22)18-10-4-2-5-11-18;/h2-17H,1H3;1H/q+1;/p-1. The van der Waals surface area contributed by atoms with Crippen molar-refractivity contribution in [3.63, 3.8) is 0 Å². The van der Waals surface area contributed by atoms with Gasteiger partial charge in [0.1, 0.15) is 11.9 Å². The molecule has 0 aliphatic rings. The van der Waals surface area contributed by atoms with E-state index in [1.807, 2.05) is 35.3 Å². The van der Waals surface area contributed by atoms with Crippen LogP contribution in [0.4, 0.5) is 10.8 Å². The Balaban J connectivity index is 0.00000218. The quantitative estimate of drug-likeness (QED) is 0.281. The summed E-state index contributed by atoms with van der Waals surface area (Å²) in [5, 5.41) is 13.3. The molecule has 6 heteroatoms. The molecule has 0 spiro atoms. The topological polar surface area (TPSA) is 33.5 Å². The zero-order valence-corrected chi connectivity index (χ0v) is 18.7. The molecule has 0 saturated heterocycles. The third kappa shape index (κ3) is 3.60. The van der Waals surface area contributed by atoms with Gasteiger partial charge in [-0.15, -0.1) is 0 Å². The summed E-state index contributed by atoms with van der Waals surface area (Å²) in [7, 11) is 1.98. The third-order valence-corrected chi connectivity index (χ3v) is 5.74. The van der Waals surface area contributed by atoms with E-state index in [4.69, 9.17) is 5.11 Å². The number of para-hydroxylation sites is 2. The molecule has 0 atom stereocenters. The van der Waals surface area contributed by atoms with Crippen molar-refractivity contribution in [1.82, 2.24) is 4.57 Å². The summed E-state index contributed by atoms with van der Waals surface area (Å²) < 4.78 is 4.25. The third-order valence-electron chi connectivity index (χ3n) is 4.90. The second-order valence-electron chi connectivity index (χ2n) is 6.75. The number of aromatic nitrogens is 2. The van der Waals surface area contributed by atoms with Crippen molar-refractivity contribution in [2.24, 2.45) is 17.3 Å². The highest BCUT2D eigenvalue weighted by Gasteiger charge is 2.21. The van der Waals surface area contributed by atoms with Crippen LogP contribution < -0.4 is 21.5 Å². The van der Waals surface area contributed by atoms with E-state index < -0.39 is 0 Å². The summed E-state index contributed by atoms with van der Waals surface area (Å²) in [6.07, 6.45) is 1.99. The minimum atomic E-state index is 0. The predicted molar refractivity (Wildman–Crippen MR) is 118 cm³/mol. The highest BCUT2D eigenvalue weighted by Crippen LogP contribution is 2.42. The van der Waals surface area contributed by atoms with Gasteiger partial charge in [0.15, 0.2) is 0 Å². The average Bonchev–Trinajstić information content (AvgIpc) is 3.34. The fraction of sp³-hybridized carbons (Fsp3) is 0.0417. The van der Waals surface area contributed by atoms with Crippen molar-refractivity contribution in [2.45, 2.75) is 0 Å². The number of aryl methyl sites for hydroxylation is 1. The minimum absolute atomic E-state index is 0. The molecule has 2 aromatic heterocycles. The summed E-state index contributed by atoms with van der Waals surface area (Å²) in [6.45, 7) is 0. The second kappa shape index (κ2) is 8.73. The Bertz CT molecular complexity index is 1310. The summed E-state index contributed by atoms with van der Waals surface area (Å²) in [4.78, 5) is 0. The molecule has 0 aliphatic carbocycles. The second-order valence-corrected chi connectivity index (χ2v) is 7.62. The van der Waals surface area contributed by atoms with Gasteiger partial charge >= 0.3 is 5.13 Å². The lowest BCUT2D eigenvalue weighted by Gasteiger charge is -2.11. The predicted octanol–water partition coefficient (Wildman–Crippen LogP) is 3.60. The van der Waals surface area contributed by atoms with Crippen LogP contribution in [0.2, 0.25) is 0 Å². The Morgan fingerprint density at radius 3 is 2.17 bits per heavy atom. The first-order valence-corrected chi connectivity index (χ1v) is 10.3. The summed E-state index contributed by atoms with van der Waals surface area (Å²) in [5.74, 6) is 0. The first kappa shape index (κ1) is 20.2. The maximum Gasteiger partial charge on any atom is 0.408 e. The van der Waals surface area contributed by atoms with E-state index in [0.29, 0.717) is 0 Å². The SMILES string of the molecule is C[n+]1ccsc1N=Nc1c(-c2ccccc2)n(-c2ccccc2)c2ccccc12.[Br-]. The molecule has 0 fully saturated rings. The highest BCUT2D eigenvalue weighted by atomic mass is 79.9. The molecule has 0 N–H and O–H groups in total. The Morgan fingerprint density at radius 1 is 0.800 bits per heavy atom. The summed E-state index contributed by atoms with van der Waals surface area (Å²) in [6, 6.07) is 29.2. The summed E-state index contributed by atoms with van der Waals surface area (Å²) >= 11 is 1.57. The van der Waals surface area contributed by atoms with Gasteiger partial charge in [0.25, 0.3) is 0 Å². The van der Waals surface area contributed by atoms with Gasteiger partial charge in [-0.05, 0) is 34.7 Å². The van der Waals surface area contributed by atoms with E-state index in [9.17, 15) is 0 Å². The van der Waals surface area contributed by atoms with Crippen LogP contribution in [0, 0.1) is 0 Å². The van der Waals surface area contributed by atoms with Crippen molar-refractivity contribution in [3.05, 3.63) is 96.5 Å². The molecular weight excluding hydrogens is 456 g/mol. The van der Waals surface area contributed by atoms with Gasteiger partial charge in [0.2, 0.25) is 0 Å². The Morgan fingerprint density at radius 2 is 1.47 bits per heavy atom. The van der Waals surface area contributed by atoms with E-state index >= 15 is 0 Å². The van der Waals surface area contributed by atoms with E-state index in [-0.39, 0.29) is 17.0 Å². The molecule has 2 heterocycles. The monoisotopic (exact) mass is 474 g/mol. The lowest BCUT2D eigenvalue weighted by atomic mass is 10.1. The highest BCUT2D eigenvalue weighted by molar-refractivity contribution is 7.12. The van der Waals surface area contributed by atoms with E-state index in [1.54, 1.807) is 11.3 Å². The van der Waals surface area contributed by atoms with Crippen molar-refractivity contribution in [2.75, 3.05) is 0 Å². The van der Waals surface area contributed by atoms with Crippen LogP contribution in [-0.4, -0.2) is 4.57 Å². The van der Waals surface area contributed by atoms with Gasteiger partial charge in [0.05, 0.1) is 23.4 Å². The molecule has 4 nitrogen and oxygen atoms in total. The summed E-state index contributed by atoms with van der Waals surface area (Å²) in [5.41, 5.74) is 5.25. The van der Waals surface area contributed by atoms with E-state index in [2.05, 4.69) is 82.5 Å². The van der Waals surface area contributed by atoms with E-state index in [0.717, 1.165) is 38.7 Å². The number of benzene rings is 3. The van der Waals surface area contributed by atoms with Gasteiger partial charge in [-0.2, -0.15) is 0 Å². The molecule has 0 saturated carbocycles. The number of hydrogen-bond donors (Lipinski definition) is 0. The van der Waals surface area contributed by atoms with Gasteiger partial charge in [-0.25, -0.2) is 4.57 Å². The lowest BCUT2D eigenvalue weighted by molar-refractivity contribution is -0.654. The Hall–Kier alpha value is -3.09. The van der Waals surface area contributed by atoms with Crippen molar-refractivity contribution in [3.8, 4) is 16.9 Å². The molecule has 5 rings (SSSR count). The van der Waals surface area contributed by atoms with Gasteiger partial charge in [-0.3, -0.25) is 0 Å². The van der Waals surface area contributed by atoms with Gasteiger partial charge < -0.3 is 21.5 Å². The number of azo groups is 1. The number of thiazole rings is 1. The first-order chi connectivity index (χ1) is 14.3. The molecule has 148 valence electrons. The normalized spacial score (nSPS) is 11.1. The molecular formula is C24H19BrN4S. The molecule has 0 bridgehead atoms. The molecule has 5 aromatic rings. The largest absolute Gasteiger partial charge is 1.00 e. The van der Waals surface area contributed by atoms with Gasteiger partial charge in [-0.1, -0.05) is 66.7 Å². The molecule has 0 radical (unpaired) electrons. The van der Waals surface area contributed by atoms with E-state index in [1.165, 1.54) is 0 Å². The van der Waals surface area contributed by atoms with Gasteiger partial charge in [0, 0.05) is 22.0 Å². The van der Waals surface area contributed by atoms with Crippen molar-refractivity contribution >= 4 is 33.1 Å². The molecule has 0 amide bonds. The van der Waals surface area contributed by atoms with Crippen LogP contribution in [0.5, 0.6) is 0 Å². The fourth-order valence-corrected chi connectivity index (χ4v) is 4.23. The van der Waals surface area contributed by atoms with Crippen molar-refractivity contribution in [1.29, 1.82) is 0 Å². The number of fused-ring (bicyclic) bond motifs is 1. The molecule has 30 heavy (non-hydrogen) atoms. The Labute approximate surface area is 189 Å². The maximum atomic E-state index is 4.75. The zero-order chi connectivity index (χ0) is 19.6. The molecule has 0 aliphatic heterocycles. The molecule has 0 unspecified atom stereocenters. The number of hydrogen-bond acceptors (Lipinski definition) is 3. The van der Waals surface area contributed by atoms with Crippen LogP contribution in [0.1, 0.15) is 0 Å². The Kier molecular flexibility index (Phi) is 5.88. The van der Waals surface area contributed by atoms with Crippen LogP contribution in [-0.2, 0) is 7.05 Å². The number of nitrogens with zero attached hydrogens (tertiary/aromatic N) is 4. The van der Waals surface area contributed by atoms with Crippen molar-refractivity contribution < 1.29 is 21.5 Å². The van der Waals surface area contributed by atoms with Crippen LogP contribution in [0.25, 0.3) is 27.8 Å². The average molecular weight is 475 g/mol. The number of halogens is 1. The first-order valence-electron chi connectivity index (χ1n) is 9.42. The van der Waals surface area contributed by atoms with Crippen LogP contribution in [0.3, 0.4) is 0 Å². The number of rotatable bonds is 4. The molecule has 3 aromatic carbocycles. The smallest absolute Gasteiger partial charge is 0.408 e. The van der Waals surface area contributed by atoms with Crippen LogP contribution >= 0.6 is 11.3 Å². The maximum absolute atomic E-state index is 4.75. The fourth-order valence-electron chi connectivity index (χ4n) is 3.55. The lowest BCUT2D eigenvalue weighted by Crippen LogP contribution is -3.00. The van der Waals surface area contributed by atoms with Crippen LogP contribution in [0.15, 0.2) is 107 Å². The zero-order valence-electron chi connectivity index (χ0n) is 16.3. The minimum Gasteiger partial charge on any atom is -1.00 e.